The fourth-order valence-corrected chi connectivity index (χ4v) is 5.56. The summed E-state index contributed by atoms with van der Waals surface area (Å²) in [6.07, 6.45) is 2.62. The fraction of sp³-hybridized carbons (Fsp3) is 0.143. The lowest BCUT2D eigenvalue weighted by Crippen LogP contribution is -2.57. The highest BCUT2D eigenvalue weighted by Gasteiger charge is 2.49. The summed E-state index contributed by atoms with van der Waals surface area (Å²) in [5.74, 6) is -0.0670. The van der Waals surface area contributed by atoms with Crippen molar-refractivity contribution < 1.29 is 19.4 Å². The summed E-state index contributed by atoms with van der Waals surface area (Å²) in [6.45, 7) is 0. The zero-order valence-corrected chi connectivity index (χ0v) is 19.5. The maximum atomic E-state index is 13.6. The minimum Gasteiger partial charge on any atom is -0.508 e. The van der Waals surface area contributed by atoms with Crippen LogP contribution in [0.15, 0.2) is 97.3 Å². The summed E-state index contributed by atoms with van der Waals surface area (Å²) in [5, 5.41) is 19.9. The van der Waals surface area contributed by atoms with Crippen LogP contribution in [0, 0.1) is 5.82 Å². The van der Waals surface area contributed by atoms with Crippen molar-refractivity contribution in [2.75, 3.05) is 10.7 Å². The number of halogens is 1. The lowest BCUT2D eigenvalue weighted by Gasteiger charge is -2.47. The number of hydrogen-bond acceptors (Lipinski definition) is 5. The monoisotopic (exact) mass is 486 g/mol. The zero-order chi connectivity index (χ0) is 24.4. The number of aromatic nitrogens is 1. The van der Waals surface area contributed by atoms with Crippen LogP contribution in [0.5, 0.6) is 5.75 Å². The standard InChI is InChI=1S/C28H23FN2O3S/c29-22-5-1-3-20(15-22)25(33)17-35-27-26(19-8-12-24(32)13-9-19)31(28(27)34)23-10-6-18(7-11-23)21-4-2-14-30-16-21/h1-16,25-27,32-33H,17H2/t25-,26+,27+/m0/s1. The number of pyridine rings is 1. The molecule has 2 heterocycles. The van der Waals surface area contributed by atoms with Crippen molar-refractivity contribution in [1.82, 2.24) is 4.98 Å². The molecule has 5 nitrogen and oxygen atoms in total. The smallest absolute Gasteiger partial charge is 0.243 e. The molecule has 1 saturated heterocycles. The highest BCUT2D eigenvalue weighted by atomic mass is 32.2. The van der Waals surface area contributed by atoms with Crippen molar-refractivity contribution in [3.8, 4) is 16.9 Å². The van der Waals surface area contributed by atoms with Gasteiger partial charge in [-0.25, -0.2) is 4.39 Å². The van der Waals surface area contributed by atoms with Crippen LogP contribution in [0.2, 0.25) is 0 Å². The number of β-lactam (4-membered cyclic amide) rings is 1. The number of hydrogen-bond donors (Lipinski definition) is 2. The normalized spacial score (nSPS) is 18.2. The predicted octanol–water partition coefficient (Wildman–Crippen LogP) is 5.52. The maximum Gasteiger partial charge on any atom is 0.243 e. The van der Waals surface area contributed by atoms with Gasteiger partial charge >= 0.3 is 0 Å². The molecule has 2 N–H and O–H groups in total. The third-order valence-electron chi connectivity index (χ3n) is 6.09. The van der Waals surface area contributed by atoms with Crippen molar-refractivity contribution in [1.29, 1.82) is 0 Å². The third kappa shape index (κ3) is 4.78. The molecule has 1 amide bonds. The molecular formula is C28H23FN2O3S. The van der Waals surface area contributed by atoms with Gasteiger partial charge in [0.25, 0.3) is 0 Å². The Morgan fingerprint density at radius 2 is 1.74 bits per heavy atom. The molecule has 0 saturated carbocycles. The van der Waals surface area contributed by atoms with Crippen LogP contribution in [0.1, 0.15) is 23.3 Å². The van der Waals surface area contributed by atoms with Crippen molar-refractivity contribution >= 4 is 23.4 Å². The van der Waals surface area contributed by atoms with E-state index in [9.17, 15) is 19.4 Å². The second kappa shape index (κ2) is 9.90. The van der Waals surface area contributed by atoms with Crippen LogP contribution >= 0.6 is 11.8 Å². The highest BCUT2D eigenvalue weighted by molar-refractivity contribution is 8.00. The number of carbonyl (C=O) groups is 1. The third-order valence-corrected chi connectivity index (χ3v) is 7.41. The first-order chi connectivity index (χ1) is 17.0. The Labute approximate surface area is 206 Å². The van der Waals surface area contributed by atoms with Crippen molar-refractivity contribution in [2.24, 2.45) is 0 Å². The van der Waals surface area contributed by atoms with Gasteiger partial charge in [0.2, 0.25) is 5.91 Å². The van der Waals surface area contributed by atoms with Crippen molar-refractivity contribution in [2.45, 2.75) is 17.4 Å². The molecule has 1 aliphatic rings. The number of aromatic hydroxyl groups is 1. The molecule has 1 fully saturated rings. The first-order valence-corrected chi connectivity index (χ1v) is 12.2. The molecule has 7 heteroatoms. The van der Waals surface area contributed by atoms with E-state index in [2.05, 4.69) is 4.98 Å². The fourth-order valence-electron chi connectivity index (χ4n) is 4.26. The Bertz CT molecular complexity index is 1320. The Kier molecular flexibility index (Phi) is 6.53. The van der Waals surface area contributed by atoms with E-state index in [1.54, 1.807) is 53.7 Å². The Morgan fingerprint density at radius 1 is 0.971 bits per heavy atom. The van der Waals surface area contributed by atoms with Gasteiger partial charge in [-0.2, -0.15) is 0 Å². The van der Waals surface area contributed by atoms with Gasteiger partial charge < -0.3 is 15.1 Å². The number of anilines is 1. The second-order valence-electron chi connectivity index (χ2n) is 8.36. The molecule has 0 unspecified atom stereocenters. The average molecular weight is 487 g/mol. The number of rotatable bonds is 7. The maximum absolute atomic E-state index is 13.6. The Morgan fingerprint density at radius 3 is 2.43 bits per heavy atom. The van der Waals surface area contributed by atoms with Crippen LogP contribution in [-0.4, -0.2) is 32.1 Å². The largest absolute Gasteiger partial charge is 0.508 e. The van der Waals surface area contributed by atoms with Gasteiger partial charge in [-0.1, -0.05) is 42.5 Å². The zero-order valence-electron chi connectivity index (χ0n) is 18.7. The number of nitrogens with zero attached hydrogens (tertiary/aromatic N) is 2. The number of aliphatic hydroxyl groups is 1. The molecule has 176 valence electrons. The molecule has 5 rings (SSSR count). The van der Waals surface area contributed by atoms with E-state index in [0.29, 0.717) is 5.56 Å². The minimum absolute atomic E-state index is 0.0614. The summed E-state index contributed by atoms with van der Waals surface area (Å²) in [4.78, 5) is 19.2. The summed E-state index contributed by atoms with van der Waals surface area (Å²) >= 11 is 1.35. The number of thioether (sulfide) groups is 1. The Balaban J connectivity index is 1.38. The van der Waals surface area contributed by atoms with Gasteiger partial charge in [-0.3, -0.25) is 9.78 Å². The van der Waals surface area contributed by atoms with Gasteiger partial charge in [0, 0.05) is 23.8 Å². The first-order valence-electron chi connectivity index (χ1n) is 11.2. The van der Waals surface area contributed by atoms with E-state index >= 15 is 0 Å². The number of carbonyl (C=O) groups excluding carboxylic acids is 1. The van der Waals surface area contributed by atoms with Crippen LogP contribution < -0.4 is 4.90 Å². The molecule has 3 aromatic carbocycles. The molecule has 1 aliphatic heterocycles. The number of benzene rings is 3. The molecule has 4 aromatic rings. The van der Waals surface area contributed by atoms with Gasteiger partial charge in [0.1, 0.15) is 16.8 Å². The highest BCUT2D eigenvalue weighted by Crippen LogP contribution is 2.46. The summed E-state index contributed by atoms with van der Waals surface area (Å²) in [7, 11) is 0. The van der Waals surface area contributed by atoms with E-state index in [-0.39, 0.29) is 23.5 Å². The van der Waals surface area contributed by atoms with Gasteiger partial charge in [-0.15, -0.1) is 11.8 Å². The molecule has 0 radical (unpaired) electrons. The quantitative estimate of drug-likeness (QED) is 0.337. The molecule has 35 heavy (non-hydrogen) atoms. The lowest BCUT2D eigenvalue weighted by atomic mass is 9.92. The van der Waals surface area contributed by atoms with E-state index in [1.807, 2.05) is 36.4 Å². The van der Waals surface area contributed by atoms with E-state index in [0.717, 1.165) is 22.4 Å². The topological polar surface area (TPSA) is 73.7 Å². The predicted molar refractivity (Wildman–Crippen MR) is 136 cm³/mol. The van der Waals surface area contributed by atoms with E-state index < -0.39 is 17.2 Å². The molecule has 0 aliphatic carbocycles. The summed E-state index contributed by atoms with van der Waals surface area (Å²) < 4.78 is 13.6. The van der Waals surface area contributed by atoms with Gasteiger partial charge in [0.15, 0.2) is 0 Å². The van der Waals surface area contributed by atoms with Crippen LogP contribution in [0.3, 0.4) is 0 Å². The lowest BCUT2D eigenvalue weighted by molar-refractivity contribution is -0.123. The van der Waals surface area contributed by atoms with Crippen molar-refractivity contribution in [3.05, 3.63) is 114 Å². The van der Waals surface area contributed by atoms with Crippen LogP contribution in [-0.2, 0) is 4.79 Å². The number of amides is 1. The van der Waals surface area contributed by atoms with Gasteiger partial charge in [0.05, 0.1) is 12.1 Å². The number of aliphatic hydroxyl groups excluding tert-OH is 1. The average Bonchev–Trinajstić information content (AvgIpc) is 2.89. The van der Waals surface area contributed by atoms with Crippen molar-refractivity contribution in [3.63, 3.8) is 0 Å². The van der Waals surface area contributed by atoms with Crippen LogP contribution in [0.4, 0.5) is 10.1 Å². The molecular weight excluding hydrogens is 463 g/mol. The molecule has 0 bridgehead atoms. The number of phenols is 1. The Hall–Kier alpha value is -3.68. The second-order valence-corrected chi connectivity index (χ2v) is 9.53. The minimum atomic E-state index is -0.892. The molecule has 3 atom stereocenters. The first kappa shape index (κ1) is 23.1. The van der Waals surface area contributed by atoms with E-state index in [4.69, 9.17) is 0 Å². The van der Waals surface area contributed by atoms with Gasteiger partial charge in [-0.05, 0) is 64.7 Å². The summed E-state index contributed by atoms with van der Waals surface area (Å²) in [5.41, 5.74) is 4.12. The molecule has 0 spiro atoms. The number of phenolic OH excluding ortho intramolecular Hbond substituents is 1. The SMILES string of the molecule is O=C1[C@H](SC[C@H](O)c2cccc(F)c2)[C@@H](c2ccc(O)cc2)N1c1ccc(-c2cccnc2)cc1. The summed E-state index contributed by atoms with van der Waals surface area (Å²) in [6, 6.07) is 24.0. The van der Waals surface area contributed by atoms with Crippen LogP contribution in [0.25, 0.3) is 11.1 Å². The van der Waals surface area contributed by atoms with E-state index in [1.165, 1.54) is 23.9 Å². The molecule has 1 aromatic heterocycles.